The fourth-order valence-corrected chi connectivity index (χ4v) is 3.56. The minimum absolute atomic E-state index is 0.132. The minimum atomic E-state index is -0.166. The Kier molecular flexibility index (Phi) is 5.85. The van der Waals surface area contributed by atoms with Gasteiger partial charge in [0.1, 0.15) is 5.75 Å². The summed E-state index contributed by atoms with van der Waals surface area (Å²) >= 11 is 4.73. The molecule has 0 aliphatic rings. The van der Waals surface area contributed by atoms with Gasteiger partial charge in [0, 0.05) is 17.1 Å². The van der Waals surface area contributed by atoms with Gasteiger partial charge in [-0.3, -0.25) is 9.59 Å². The highest BCUT2D eigenvalue weighted by Gasteiger charge is 2.09. The second-order valence-corrected chi connectivity index (χ2v) is 7.43. The SMILES string of the molecule is CC(=O)Nc1ccc2nc(NC(=O)CCOc3cccc(Br)c3)sc2c1. The van der Waals surface area contributed by atoms with Crippen molar-refractivity contribution in [1.82, 2.24) is 4.98 Å². The van der Waals surface area contributed by atoms with Crippen LogP contribution in [0.3, 0.4) is 0 Å². The van der Waals surface area contributed by atoms with Crippen molar-refractivity contribution in [1.29, 1.82) is 0 Å². The van der Waals surface area contributed by atoms with E-state index < -0.39 is 0 Å². The molecule has 2 aromatic carbocycles. The Hall–Kier alpha value is -2.45. The van der Waals surface area contributed by atoms with Gasteiger partial charge < -0.3 is 15.4 Å². The van der Waals surface area contributed by atoms with Crippen molar-refractivity contribution in [2.24, 2.45) is 0 Å². The molecule has 0 saturated heterocycles. The molecule has 0 fully saturated rings. The van der Waals surface area contributed by atoms with E-state index in [2.05, 4.69) is 31.5 Å². The summed E-state index contributed by atoms with van der Waals surface area (Å²) in [5.41, 5.74) is 1.47. The van der Waals surface area contributed by atoms with Gasteiger partial charge in [-0.2, -0.15) is 0 Å². The van der Waals surface area contributed by atoms with E-state index in [0.717, 1.165) is 14.7 Å². The number of rotatable bonds is 6. The van der Waals surface area contributed by atoms with Crippen LogP contribution in [-0.2, 0) is 9.59 Å². The number of nitrogens with zero attached hydrogens (tertiary/aromatic N) is 1. The Bertz CT molecular complexity index is 958. The van der Waals surface area contributed by atoms with Gasteiger partial charge in [0.25, 0.3) is 0 Å². The third-order valence-corrected chi connectivity index (χ3v) is 4.78. The highest BCUT2D eigenvalue weighted by Crippen LogP contribution is 2.28. The number of ether oxygens (including phenoxy) is 1. The van der Waals surface area contributed by atoms with Crippen LogP contribution in [0.5, 0.6) is 5.75 Å². The second-order valence-electron chi connectivity index (χ2n) is 5.49. The van der Waals surface area contributed by atoms with Crippen LogP contribution in [0.2, 0.25) is 0 Å². The Labute approximate surface area is 162 Å². The van der Waals surface area contributed by atoms with Crippen LogP contribution >= 0.6 is 27.3 Å². The molecule has 6 nitrogen and oxygen atoms in total. The number of hydrogen-bond donors (Lipinski definition) is 2. The Morgan fingerprint density at radius 2 is 2.04 bits per heavy atom. The van der Waals surface area contributed by atoms with E-state index >= 15 is 0 Å². The molecule has 0 aliphatic heterocycles. The predicted molar refractivity (Wildman–Crippen MR) is 107 cm³/mol. The highest BCUT2D eigenvalue weighted by molar-refractivity contribution is 9.10. The summed E-state index contributed by atoms with van der Waals surface area (Å²) in [7, 11) is 0. The zero-order valence-corrected chi connectivity index (χ0v) is 16.3. The molecule has 8 heteroatoms. The van der Waals surface area contributed by atoms with E-state index in [1.165, 1.54) is 18.3 Å². The molecule has 26 heavy (non-hydrogen) atoms. The lowest BCUT2D eigenvalue weighted by molar-refractivity contribution is -0.116. The van der Waals surface area contributed by atoms with Gasteiger partial charge >= 0.3 is 0 Å². The molecular weight excluding hydrogens is 418 g/mol. The molecule has 3 rings (SSSR count). The molecular formula is C18H16BrN3O3S. The average molecular weight is 434 g/mol. The summed E-state index contributed by atoms with van der Waals surface area (Å²) in [6.45, 7) is 1.73. The largest absolute Gasteiger partial charge is 0.493 e. The summed E-state index contributed by atoms with van der Waals surface area (Å²) in [5.74, 6) is 0.409. The number of carbonyl (C=O) groups excluding carboxylic acids is 2. The lowest BCUT2D eigenvalue weighted by Crippen LogP contribution is -2.15. The van der Waals surface area contributed by atoms with E-state index in [0.29, 0.717) is 16.6 Å². The third kappa shape index (κ3) is 5.03. The van der Waals surface area contributed by atoms with Gasteiger partial charge in [-0.1, -0.05) is 33.3 Å². The van der Waals surface area contributed by atoms with Crippen LogP contribution in [0, 0.1) is 0 Å². The Morgan fingerprint density at radius 1 is 1.19 bits per heavy atom. The molecule has 0 unspecified atom stereocenters. The molecule has 2 amide bonds. The summed E-state index contributed by atoms with van der Waals surface area (Å²) in [5, 5.41) is 6.03. The first-order valence-electron chi connectivity index (χ1n) is 7.86. The van der Waals surface area contributed by atoms with Gasteiger partial charge in [0.05, 0.1) is 23.2 Å². The number of fused-ring (bicyclic) bond motifs is 1. The quantitative estimate of drug-likeness (QED) is 0.602. The van der Waals surface area contributed by atoms with Crippen molar-refractivity contribution < 1.29 is 14.3 Å². The number of halogens is 1. The van der Waals surface area contributed by atoms with E-state index in [1.54, 1.807) is 6.07 Å². The molecule has 0 spiro atoms. The number of aromatic nitrogens is 1. The molecule has 0 radical (unpaired) electrons. The maximum absolute atomic E-state index is 12.1. The van der Waals surface area contributed by atoms with Gasteiger partial charge in [-0.15, -0.1) is 0 Å². The van der Waals surface area contributed by atoms with Crippen molar-refractivity contribution >= 4 is 60.1 Å². The number of amides is 2. The maximum atomic E-state index is 12.1. The molecule has 1 heterocycles. The second kappa shape index (κ2) is 8.29. The van der Waals surface area contributed by atoms with Crippen molar-refractivity contribution in [3.63, 3.8) is 0 Å². The lowest BCUT2D eigenvalue weighted by Gasteiger charge is -2.06. The average Bonchev–Trinajstić information content (AvgIpc) is 2.95. The van der Waals surface area contributed by atoms with Crippen LogP contribution in [0.4, 0.5) is 10.8 Å². The number of hydrogen-bond acceptors (Lipinski definition) is 5. The van der Waals surface area contributed by atoms with E-state index in [1.807, 2.05) is 36.4 Å². The van der Waals surface area contributed by atoms with Crippen LogP contribution in [-0.4, -0.2) is 23.4 Å². The first kappa shape index (κ1) is 18.3. The van der Waals surface area contributed by atoms with E-state index in [9.17, 15) is 9.59 Å². The van der Waals surface area contributed by atoms with Crippen molar-refractivity contribution in [3.8, 4) is 5.75 Å². The van der Waals surface area contributed by atoms with Gasteiger partial charge in [-0.25, -0.2) is 4.98 Å². The highest BCUT2D eigenvalue weighted by atomic mass is 79.9. The van der Waals surface area contributed by atoms with Gasteiger partial charge in [0.2, 0.25) is 11.8 Å². The summed E-state index contributed by atoms with van der Waals surface area (Å²) in [6, 6.07) is 12.9. The summed E-state index contributed by atoms with van der Waals surface area (Å²) < 4.78 is 7.37. The van der Waals surface area contributed by atoms with Crippen LogP contribution in [0.25, 0.3) is 10.2 Å². The van der Waals surface area contributed by atoms with Crippen molar-refractivity contribution in [2.75, 3.05) is 17.2 Å². The van der Waals surface area contributed by atoms with Crippen LogP contribution in [0.15, 0.2) is 46.9 Å². The smallest absolute Gasteiger partial charge is 0.229 e. The fourth-order valence-electron chi connectivity index (χ4n) is 2.26. The molecule has 3 aromatic rings. The molecule has 0 saturated carbocycles. The first-order chi connectivity index (χ1) is 12.5. The third-order valence-electron chi connectivity index (χ3n) is 3.35. The zero-order valence-electron chi connectivity index (χ0n) is 13.9. The standard InChI is InChI=1S/C18H16BrN3O3S/c1-11(23)20-13-5-6-15-16(10-13)26-18(21-15)22-17(24)7-8-25-14-4-2-3-12(19)9-14/h2-6,9-10H,7-8H2,1H3,(H,20,23)(H,21,22,24). The monoisotopic (exact) mass is 433 g/mol. The fraction of sp³-hybridized carbons (Fsp3) is 0.167. The number of anilines is 2. The number of nitrogens with one attached hydrogen (secondary N) is 2. The van der Waals surface area contributed by atoms with E-state index in [-0.39, 0.29) is 24.8 Å². The summed E-state index contributed by atoms with van der Waals surface area (Å²) in [6.07, 6.45) is 0.222. The summed E-state index contributed by atoms with van der Waals surface area (Å²) in [4.78, 5) is 27.6. The molecule has 134 valence electrons. The zero-order chi connectivity index (χ0) is 18.5. The number of benzene rings is 2. The topological polar surface area (TPSA) is 80.3 Å². The molecule has 0 bridgehead atoms. The number of thiazole rings is 1. The molecule has 2 N–H and O–H groups in total. The minimum Gasteiger partial charge on any atom is -0.493 e. The molecule has 0 aliphatic carbocycles. The van der Waals surface area contributed by atoms with Crippen molar-refractivity contribution in [3.05, 3.63) is 46.9 Å². The molecule has 0 atom stereocenters. The van der Waals surface area contributed by atoms with Crippen molar-refractivity contribution in [2.45, 2.75) is 13.3 Å². The van der Waals surface area contributed by atoms with Crippen LogP contribution in [0.1, 0.15) is 13.3 Å². The first-order valence-corrected chi connectivity index (χ1v) is 9.47. The number of carbonyl (C=O) groups is 2. The normalized spacial score (nSPS) is 10.5. The van der Waals surface area contributed by atoms with Gasteiger partial charge in [-0.05, 0) is 36.4 Å². The Morgan fingerprint density at radius 3 is 2.81 bits per heavy atom. The maximum Gasteiger partial charge on any atom is 0.229 e. The van der Waals surface area contributed by atoms with E-state index in [4.69, 9.17) is 4.74 Å². The molecule has 1 aromatic heterocycles. The van der Waals surface area contributed by atoms with Gasteiger partial charge in [0.15, 0.2) is 5.13 Å². The lowest BCUT2D eigenvalue weighted by atomic mass is 10.3. The predicted octanol–water partition coefficient (Wildman–Crippen LogP) is 4.42. The van der Waals surface area contributed by atoms with Crippen LogP contribution < -0.4 is 15.4 Å². The Balaban J connectivity index is 1.56.